The first-order valence-electron chi connectivity index (χ1n) is 7.67. The molecule has 6 nitrogen and oxygen atoms in total. The number of unbranched alkanes of at least 4 members (excludes halogenated alkanes) is 6. The average molecular weight is 286 g/mol. The molecule has 0 atom stereocenters. The lowest BCUT2D eigenvalue weighted by Crippen LogP contribution is -2.51. The van der Waals surface area contributed by atoms with Crippen molar-refractivity contribution in [3.05, 3.63) is 0 Å². The van der Waals surface area contributed by atoms with Gasteiger partial charge in [-0.3, -0.25) is 19.6 Å². The Morgan fingerprint density at radius 3 is 1.35 bits per heavy atom. The monoisotopic (exact) mass is 286 g/mol. The van der Waals surface area contributed by atoms with Crippen LogP contribution in [-0.4, -0.2) is 34.9 Å². The third kappa shape index (κ3) is 8.12. The van der Waals surface area contributed by atoms with Crippen molar-refractivity contribution in [2.24, 2.45) is 11.7 Å². The lowest BCUT2D eigenvalue weighted by atomic mass is 10.2. The number of hydrogen-bond acceptors (Lipinski definition) is 4. The Balaban J connectivity index is 3.95. The van der Waals surface area contributed by atoms with E-state index in [1.165, 1.54) is 0 Å². The minimum atomic E-state index is -0.723. The van der Waals surface area contributed by atoms with Crippen LogP contribution < -0.4 is 11.7 Å². The molecule has 0 spiro atoms. The predicted molar refractivity (Wildman–Crippen MR) is 80.1 cm³/mol. The highest BCUT2D eigenvalue weighted by molar-refractivity contribution is 6.34. The Hall–Kier alpha value is -1.14. The van der Waals surface area contributed by atoms with E-state index in [-0.39, 0.29) is 0 Å². The second-order valence-corrected chi connectivity index (χ2v) is 5.12. The van der Waals surface area contributed by atoms with Crippen molar-refractivity contribution in [1.29, 1.82) is 0 Å². The van der Waals surface area contributed by atoms with Crippen LogP contribution >= 0.6 is 0 Å². The first-order chi connectivity index (χ1) is 9.54. The van der Waals surface area contributed by atoms with Crippen molar-refractivity contribution in [3.63, 3.8) is 0 Å². The topological polar surface area (TPSA) is 92.7 Å². The fourth-order valence-corrected chi connectivity index (χ4v) is 1.87. The maximum absolute atomic E-state index is 11.8. The first kappa shape index (κ1) is 18.9. The first-order valence-corrected chi connectivity index (χ1v) is 7.67. The summed E-state index contributed by atoms with van der Waals surface area (Å²) in [6.07, 6.45) is 8.09. The lowest BCUT2D eigenvalue weighted by molar-refractivity contribution is -0.152. The van der Waals surface area contributed by atoms with Crippen LogP contribution in [0, 0.1) is 0 Å². The van der Waals surface area contributed by atoms with E-state index in [1.807, 2.05) is 0 Å². The zero-order valence-corrected chi connectivity index (χ0v) is 12.9. The van der Waals surface area contributed by atoms with E-state index >= 15 is 0 Å². The largest absolute Gasteiger partial charge is 0.327 e. The number of carbonyl (C=O) groups excluding carboxylic acids is 2. The van der Waals surface area contributed by atoms with Crippen LogP contribution in [-0.2, 0) is 9.59 Å². The van der Waals surface area contributed by atoms with E-state index in [2.05, 4.69) is 13.8 Å². The van der Waals surface area contributed by atoms with Gasteiger partial charge in [0.25, 0.3) is 0 Å². The zero-order valence-electron chi connectivity index (χ0n) is 12.9. The van der Waals surface area contributed by atoms with E-state index in [0.717, 1.165) is 61.4 Å². The van der Waals surface area contributed by atoms with Gasteiger partial charge in [-0.25, -0.2) is 11.7 Å². The quantitative estimate of drug-likeness (QED) is 0.209. The van der Waals surface area contributed by atoms with Crippen LogP contribution in [0.15, 0.2) is 0 Å². The molecule has 0 aromatic carbocycles. The van der Waals surface area contributed by atoms with Crippen LogP contribution in [0.2, 0.25) is 0 Å². The molecule has 4 N–H and O–H groups in total. The third-order valence-corrected chi connectivity index (χ3v) is 3.21. The van der Waals surface area contributed by atoms with Crippen molar-refractivity contribution in [3.8, 4) is 0 Å². The van der Waals surface area contributed by atoms with Gasteiger partial charge in [-0.1, -0.05) is 52.4 Å². The van der Waals surface area contributed by atoms with E-state index in [9.17, 15) is 9.59 Å². The maximum atomic E-state index is 11.8. The Labute approximate surface area is 122 Å². The Bertz CT molecular complexity index is 256. The normalized spacial score (nSPS) is 10.4. The predicted octanol–water partition coefficient (Wildman–Crippen LogP) is 1.55. The molecule has 0 aliphatic heterocycles. The van der Waals surface area contributed by atoms with Gasteiger partial charge in [0, 0.05) is 13.1 Å². The maximum Gasteiger partial charge on any atom is 0.327 e. The minimum Gasteiger partial charge on any atom is -0.272 e. The fourth-order valence-electron chi connectivity index (χ4n) is 1.87. The van der Waals surface area contributed by atoms with Gasteiger partial charge in [0.1, 0.15) is 0 Å². The summed E-state index contributed by atoms with van der Waals surface area (Å²) in [5, 5.41) is 1.95. The molecule has 0 aromatic rings. The van der Waals surface area contributed by atoms with Gasteiger partial charge in [-0.05, 0) is 12.8 Å². The highest BCUT2D eigenvalue weighted by Crippen LogP contribution is 2.02. The van der Waals surface area contributed by atoms with Crippen LogP contribution in [0.3, 0.4) is 0 Å². The number of nitrogens with two attached hydrogens (primary N) is 2. The molecule has 0 aromatic heterocycles. The SMILES string of the molecule is CCCCCCN(N)C(=O)C(=O)N(N)CCCCCC. The van der Waals surface area contributed by atoms with Gasteiger partial charge in [-0.2, -0.15) is 0 Å². The molecule has 118 valence electrons. The molecule has 0 bridgehead atoms. The fraction of sp³-hybridized carbons (Fsp3) is 0.857. The summed E-state index contributed by atoms with van der Waals surface area (Å²) in [7, 11) is 0. The lowest BCUT2D eigenvalue weighted by Gasteiger charge is -2.20. The molecule has 0 radical (unpaired) electrons. The number of nitrogens with zero attached hydrogens (tertiary/aromatic N) is 2. The molecule has 20 heavy (non-hydrogen) atoms. The van der Waals surface area contributed by atoms with E-state index < -0.39 is 11.8 Å². The second-order valence-electron chi connectivity index (χ2n) is 5.12. The molecule has 0 saturated heterocycles. The van der Waals surface area contributed by atoms with Crippen molar-refractivity contribution in [1.82, 2.24) is 10.0 Å². The molecular weight excluding hydrogens is 256 g/mol. The molecule has 0 aliphatic rings. The van der Waals surface area contributed by atoms with Crippen molar-refractivity contribution < 1.29 is 9.59 Å². The van der Waals surface area contributed by atoms with Gasteiger partial charge in [0.15, 0.2) is 0 Å². The number of amides is 2. The summed E-state index contributed by atoms with van der Waals surface area (Å²) in [6.45, 7) is 5.02. The van der Waals surface area contributed by atoms with Crippen LogP contribution in [0.1, 0.15) is 65.2 Å². The van der Waals surface area contributed by atoms with Gasteiger partial charge in [0.2, 0.25) is 0 Å². The third-order valence-electron chi connectivity index (χ3n) is 3.21. The van der Waals surface area contributed by atoms with Crippen LogP contribution in [0.25, 0.3) is 0 Å². The van der Waals surface area contributed by atoms with Crippen LogP contribution in [0.5, 0.6) is 0 Å². The molecule has 0 fully saturated rings. The number of rotatable bonds is 10. The molecule has 0 rings (SSSR count). The van der Waals surface area contributed by atoms with E-state index in [0.29, 0.717) is 13.1 Å². The molecular formula is C14H30N4O2. The summed E-state index contributed by atoms with van der Waals surface area (Å²) < 4.78 is 0. The zero-order chi connectivity index (χ0) is 15.4. The van der Waals surface area contributed by atoms with Gasteiger partial charge in [-0.15, -0.1) is 0 Å². The Morgan fingerprint density at radius 2 is 1.05 bits per heavy atom. The summed E-state index contributed by atoms with van der Waals surface area (Å²) in [5.41, 5.74) is 0. The standard InChI is InChI=1S/C14H30N4O2/c1-3-5-7-9-11-17(15)13(19)14(20)18(16)12-10-8-6-4-2/h3-12,15-16H2,1-2H3. The van der Waals surface area contributed by atoms with Gasteiger partial charge in [0.05, 0.1) is 0 Å². The summed E-state index contributed by atoms with van der Waals surface area (Å²) in [4.78, 5) is 23.5. The van der Waals surface area contributed by atoms with Gasteiger partial charge >= 0.3 is 11.8 Å². The van der Waals surface area contributed by atoms with Crippen molar-refractivity contribution in [2.75, 3.05) is 13.1 Å². The van der Waals surface area contributed by atoms with Crippen molar-refractivity contribution in [2.45, 2.75) is 65.2 Å². The number of hydrogen-bond donors (Lipinski definition) is 2. The molecule has 2 amide bonds. The van der Waals surface area contributed by atoms with E-state index in [4.69, 9.17) is 11.7 Å². The molecule has 6 heteroatoms. The van der Waals surface area contributed by atoms with Gasteiger partial charge < -0.3 is 0 Å². The average Bonchev–Trinajstić information content (AvgIpc) is 2.46. The minimum absolute atomic E-state index is 0.397. The van der Waals surface area contributed by atoms with Crippen LogP contribution in [0.4, 0.5) is 0 Å². The molecule has 0 saturated carbocycles. The highest BCUT2D eigenvalue weighted by Gasteiger charge is 2.23. The van der Waals surface area contributed by atoms with Crippen molar-refractivity contribution >= 4 is 11.8 Å². The second kappa shape index (κ2) is 11.7. The number of carbonyl (C=O) groups is 2. The summed E-state index contributed by atoms with van der Waals surface area (Å²) >= 11 is 0. The smallest absolute Gasteiger partial charge is 0.272 e. The Kier molecular flexibility index (Phi) is 11.0. The Morgan fingerprint density at radius 1 is 0.700 bits per heavy atom. The molecule has 0 heterocycles. The molecule has 0 aliphatic carbocycles. The van der Waals surface area contributed by atoms with E-state index in [1.54, 1.807) is 0 Å². The highest BCUT2D eigenvalue weighted by atomic mass is 16.2. The molecule has 0 unspecified atom stereocenters. The summed E-state index contributed by atoms with van der Waals surface area (Å²) in [6, 6.07) is 0. The summed E-state index contributed by atoms with van der Waals surface area (Å²) in [5.74, 6) is 9.75. The number of hydrazine groups is 2.